The van der Waals surface area contributed by atoms with Crippen LogP contribution in [0.4, 0.5) is 8.78 Å². The third-order valence-electron chi connectivity index (χ3n) is 2.94. The summed E-state index contributed by atoms with van der Waals surface area (Å²) >= 11 is 1.68. The maximum absolute atomic E-state index is 13.4. The van der Waals surface area contributed by atoms with E-state index in [4.69, 9.17) is 0 Å². The molecular formula is C12H13F2NOS. The zero-order chi connectivity index (χ0) is 12.4. The van der Waals surface area contributed by atoms with Gasteiger partial charge in [-0.2, -0.15) is 11.8 Å². The van der Waals surface area contributed by atoms with Crippen LogP contribution in [-0.2, 0) is 0 Å². The van der Waals surface area contributed by atoms with Crippen LogP contribution in [0.25, 0.3) is 0 Å². The number of thioether (sulfide) groups is 1. The molecule has 0 aromatic heterocycles. The van der Waals surface area contributed by atoms with Crippen LogP contribution in [-0.4, -0.2) is 35.4 Å². The monoisotopic (exact) mass is 257 g/mol. The molecule has 1 atom stereocenters. The van der Waals surface area contributed by atoms with Crippen molar-refractivity contribution in [3.8, 4) is 0 Å². The van der Waals surface area contributed by atoms with Crippen molar-refractivity contribution in [2.75, 3.05) is 19.3 Å². The van der Waals surface area contributed by atoms with Crippen molar-refractivity contribution in [2.45, 2.75) is 11.7 Å². The Labute approximate surface area is 103 Å². The van der Waals surface area contributed by atoms with E-state index in [1.165, 1.54) is 11.0 Å². The van der Waals surface area contributed by atoms with E-state index >= 15 is 0 Å². The molecule has 1 aromatic carbocycles. The van der Waals surface area contributed by atoms with Crippen LogP contribution >= 0.6 is 11.8 Å². The van der Waals surface area contributed by atoms with Crippen LogP contribution in [0.1, 0.15) is 16.8 Å². The lowest BCUT2D eigenvalue weighted by molar-refractivity contribution is 0.0783. The lowest BCUT2D eigenvalue weighted by Gasteiger charge is -2.16. The third-order valence-corrected chi connectivity index (χ3v) is 3.99. The quantitative estimate of drug-likeness (QED) is 0.811. The van der Waals surface area contributed by atoms with Gasteiger partial charge in [0.05, 0.1) is 0 Å². The molecule has 1 aliphatic rings. The molecule has 0 N–H and O–H groups in total. The number of hydrogen-bond donors (Lipinski definition) is 0. The largest absolute Gasteiger partial charge is 0.337 e. The molecule has 0 saturated carbocycles. The van der Waals surface area contributed by atoms with Gasteiger partial charge in [0.15, 0.2) is 0 Å². The Morgan fingerprint density at radius 3 is 2.59 bits per heavy atom. The third kappa shape index (κ3) is 2.44. The van der Waals surface area contributed by atoms with Gasteiger partial charge in [0, 0.05) is 18.3 Å². The smallest absolute Gasteiger partial charge is 0.259 e. The minimum atomic E-state index is -0.789. The number of carbonyl (C=O) groups is 1. The molecule has 0 bridgehead atoms. The molecule has 92 valence electrons. The number of halogens is 2. The summed E-state index contributed by atoms with van der Waals surface area (Å²) in [4.78, 5) is 13.5. The summed E-state index contributed by atoms with van der Waals surface area (Å²) in [5.74, 6) is -2.12. The SMILES string of the molecule is CSC1CCN(C(=O)c2c(F)cccc2F)C1. The minimum absolute atomic E-state index is 0.369. The maximum Gasteiger partial charge on any atom is 0.259 e. The Balaban J connectivity index is 2.21. The summed E-state index contributed by atoms with van der Waals surface area (Å²) in [5.41, 5.74) is -0.436. The van der Waals surface area contributed by atoms with Gasteiger partial charge < -0.3 is 4.90 Å². The molecule has 0 radical (unpaired) electrons. The first kappa shape index (κ1) is 12.4. The molecule has 1 saturated heterocycles. The fourth-order valence-electron chi connectivity index (χ4n) is 1.97. The highest BCUT2D eigenvalue weighted by Crippen LogP contribution is 2.23. The summed E-state index contributed by atoms with van der Waals surface area (Å²) in [6.45, 7) is 1.13. The van der Waals surface area contributed by atoms with Gasteiger partial charge in [0.2, 0.25) is 0 Å². The maximum atomic E-state index is 13.4. The Morgan fingerprint density at radius 1 is 1.41 bits per heavy atom. The van der Waals surface area contributed by atoms with Crippen LogP contribution in [0.3, 0.4) is 0 Å². The summed E-state index contributed by atoms with van der Waals surface area (Å²) in [6, 6.07) is 3.48. The zero-order valence-corrected chi connectivity index (χ0v) is 10.3. The van der Waals surface area contributed by atoms with Crippen LogP contribution < -0.4 is 0 Å². The summed E-state index contributed by atoms with van der Waals surface area (Å²) < 4.78 is 26.9. The average Bonchev–Trinajstić information content (AvgIpc) is 2.77. The lowest BCUT2D eigenvalue weighted by Crippen LogP contribution is -2.30. The molecule has 0 spiro atoms. The number of benzene rings is 1. The van der Waals surface area contributed by atoms with E-state index in [0.717, 1.165) is 18.6 Å². The molecule has 1 amide bonds. The number of nitrogens with zero attached hydrogens (tertiary/aromatic N) is 1. The van der Waals surface area contributed by atoms with E-state index in [2.05, 4.69) is 0 Å². The van der Waals surface area contributed by atoms with E-state index < -0.39 is 23.1 Å². The lowest BCUT2D eigenvalue weighted by atomic mass is 10.1. The van der Waals surface area contributed by atoms with Crippen LogP contribution in [0.2, 0.25) is 0 Å². The van der Waals surface area contributed by atoms with Crippen LogP contribution in [0.15, 0.2) is 18.2 Å². The normalized spacial score (nSPS) is 19.7. The van der Waals surface area contributed by atoms with E-state index in [-0.39, 0.29) is 0 Å². The minimum Gasteiger partial charge on any atom is -0.337 e. The Morgan fingerprint density at radius 2 is 2.06 bits per heavy atom. The van der Waals surface area contributed by atoms with E-state index in [1.807, 2.05) is 6.26 Å². The van der Waals surface area contributed by atoms with Crippen LogP contribution in [0, 0.1) is 11.6 Å². The van der Waals surface area contributed by atoms with E-state index in [0.29, 0.717) is 18.3 Å². The van der Waals surface area contributed by atoms with E-state index in [9.17, 15) is 13.6 Å². The van der Waals surface area contributed by atoms with Crippen molar-refractivity contribution in [1.82, 2.24) is 4.90 Å². The van der Waals surface area contributed by atoms with Crippen molar-refractivity contribution in [2.24, 2.45) is 0 Å². The van der Waals surface area contributed by atoms with Gasteiger partial charge in [-0.05, 0) is 24.8 Å². The number of carbonyl (C=O) groups excluding carboxylic acids is 1. The first-order chi connectivity index (χ1) is 8.13. The topological polar surface area (TPSA) is 20.3 Å². The Bertz CT molecular complexity index is 418. The van der Waals surface area contributed by atoms with Gasteiger partial charge in [0.1, 0.15) is 17.2 Å². The Kier molecular flexibility index (Phi) is 3.66. The van der Waals surface area contributed by atoms with Crippen LogP contribution in [0.5, 0.6) is 0 Å². The summed E-state index contributed by atoms with van der Waals surface area (Å²) in [6.07, 6.45) is 2.85. The first-order valence-corrected chi connectivity index (χ1v) is 6.68. The van der Waals surface area contributed by atoms with Crippen molar-refractivity contribution >= 4 is 17.7 Å². The number of rotatable bonds is 2. The molecule has 1 aliphatic heterocycles. The molecule has 1 heterocycles. The fourth-order valence-corrected chi connectivity index (χ4v) is 2.64. The van der Waals surface area contributed by atoms with Gasteiger partial charge in [-0.1, -0.05) is 6.07 Å². The molecule has 1 fully saturated rings. The second-order valence-corrected chi connectivity index (χ2v) is 5.13. The van der Waals surface area contributed by atoms with Crippen molar-refractivity contribution in [1.29, 1.82) is 0 Å². The van der Waals surface area contributed by atoms with Gasteiger partial charge in [-0.25, -0.2) is 8.78 Å². The van der Waals surface area contributed by atoms with Gasteiger partial charge in [-0.3, -0.25) is 4.79 Å². The standard InChI is InChI=1S/C12H13F2NOS/c1-17-8-5-6-15(7-8)12(16)11-9(13)3-2-4-10(11)14/h2-4,8H,5-7H2,1H3. The van der Waals surface area contributed by atoms with Gasteiger partial charge >= 0.3 is 0 Å². The predicted octanol–water partition coefficient (Wildman–Crippen LogP) is 2.54. The molecule has 2 rings (SSSR count). The second kappa shape index (κ2) is 5.04. The number of hydrogen-bond acceptors (Lipinski definition) is 2. The average molecular weight is 257 g/mol. The molecule has 17 heavy (non-hydrogen) atoms. The highest BCUT2D eigenvalue weighted by molar-refractivity contribution is 7.99. The van der Waals surface area contributed by atoms with E-state index in [1.54, 1.807) is 11.8 Å². The molecule has 1 aromatic rings. The second-order valence-electron chi connectivity index (χ2n) is 3.99. The number of amides is 1. The van der Waals surface area contributed by atoms with Crippen molar-refractivity contribution in [3.05, 3.63) is 35.4 Å². The Hall–Kier alpha value is -1.10. The predicted molar refractivity (Wildman–Crippen MR) is 64.2 cm³/mol. The summed E-state index contributed by atoms with van der Waals surface area (Å²) in [7, 11) is 0. The molecular weight excluding hydrogens is 244 g/mol. The van der Waals surface area contributed by atoms with Gasteiger partial charge in [0.25, 0.3) is 5.91 Å². The molecule has 2 nitrogen and oxygen atoms in total. The highest BCUT2D eigenvalue weighted by Gasteiger charge is 2.29. The molecule has 1 unspecified atom stereocenters. The van der Waals surface area contributed by atoms with Gasteiger partial charge in [-0.15, -0.1) is 0 Å². The molecule has 5 heteroatoms. The number of likely N-dealkylation sites (tertiary alicyclic amines) is 1. The summed E-state index contributed by atoms with van der Waals surface area (Å²) in [5, 5.41) is 0.369. The highest BCUT2D eigenvalue weighted by atomic mass is 32.2. The molecule has 0 aliphatic carbocycles. The van der Waals surface area contributed by atoms with Crippen molar-refractivity contribution < 1.29 is 13.6 Å². The zero-order valence-electron chi connectivity index (χ0n) is 9.45. The van der Waals surface area contributed by atoms with Crippen molar-refractivity contribution in [3.63, 3.8) is 0 Å². The first-order valence-electron chi connectivity index (χ1n) is 5.39. The fraction of sp³-hybridized carbons (Fsp3) is 0.417.